The maximum absolute atomic E-state index is 12.0. The summed E-state index contributed by atoms with van der Waals surface area (Å²) in [5, 5.41) is 12.7. The number of aliphatic hydroxyl groups excluding tert-OH is 1. The molecule has 1 amide bonds. The van der Waals surface area contributed by atoms with E-state index in [1.165, 1.54) is 0 Å². The summed E-state index contributed by atoms with van der Waals surface area (Å²) in [6.45, 7) is 0. The Morgan fingerprint density at radius 1 is 1.32 bits per heavy atom. The third-order valence-corrected chi connectivity index (χ3v) is 3.69. The first-order chi connectivity index (χ1) is 9.16. The molecule has 0 radical (unpaired) electrons. The van der Waals surface area contributed by atoms with Crippen LogP contribution in [0, 0.1) is 0 Å². The maximum Gasteiger partial charge on any atom is 0.237 e. The monoisotopic (exact) mass is 262 g/mol. The van der Waals surface area contributed by atoms with Gasteiger partial charge in [0.15, 0.2) is 0 Å². The SMILES string of the molecule is N[C@@H](Cc1ccccc1)C(=O)N[C@@H]1CCCC[C@H]1O. The molecule has 1 aliphatic rings. The Balaban J connectivity index is 1.85. The van der Waals surface area contributed by atoms with Crippen LogP contribution >= 0.6 is 0 Å². The molecule has 2 rings (SSSR count). The molecule has 1 aromatic carbocycles. The van der Waals surface area contributed by atoms with Gasteiger partial charge in [0.05, 0.1) is 18.2 Å². The molecule has 4 nitrogen and oxygen atoms in total. The fourth-order valence-electron chi connectivity index (χ4n) is 2.53. The van der Waals surface area contributed by atoms with Crippen molar-refractivity contribution in [2.24, 2.45) is 5.73 Å². The number of rotatable bonds is 4. The molecule has 1 fully saturated rings. The van der Waals surface area contributed by atoms with E-state index in [0.717, 1.165) is 31.2 Å². The number of aliphatic hydroxyl groups is 1. The van der Waals surface area contributed by atoms with Crippen molar-refractivity contribution < 1.29 is 9.90 Å². The van der Waals surface area contributed by atoms with Gasteiger partial charge in [-0.2, -0.15) is 0 Å². The molecule has 104 valence electrons. The topological polar surface area (TPSA) is 75.4 Å². The summed E-state index contributed by atoms with van der Waals surface area (Å²) in [5.74, 6) is -0.171. The van der Waals surface area contributed by atoms with Crippen LogP contribution in [-0.2, 0) is 11.2 Å². The third kappa shape index (κ3) is 4.04. The minimum atomic E-state index is -0.559. The van der Waals surface area contributed by atoms with Gasteiger partial charge in [-0.05, 0) is 24.8 Å². The second-order valence-corrected chi connectivity index (χ2v) is 5.26. The van der Waals surface area contributed by atoms with Gasteiger partial charge in [0.25, 0.3) is 0 Å². The van der Waals surface area contributed by atoms with Crippen molar-refractivity contribution >= 4 is 5.91 Å². The molecule has 1 aromatic rings. The lowest BCUT2D eigenvalue weighted by atomic mass is 9.92. The maximum atomic E-state index is 12.0. The molecule has 0 aromatic heterocycles. The number of benzene rings is 1. The highest BCUT2D eigenvalue weighted by atomic mass is 16.3. The lowest BCUT2D eigenvalue weighted by Gasteiger charge is -2.29. The van der Waals surface area contributed by atoms with E-state index < -0.39 is 12.1 Å². The zero-order chi connectivity index (χ0) is 13.7. The summed E-state index contributed by atoms with van der Waals surface area (Å²) in [6, 6.07) is 9.04. The summed E-state index contributed by atoms with van der Waals surface area (Å²) >= 11 is 0. The summed E-state index contributed by atoms with van der Waals surface area (Å²) in [7, 11) is 0. The minimum absolute atomic E-state index is 0.136. The molecule has 1 aliphatic carbocycles. The van der Waals surface area contributed by atoms with Crippen LogP contribution in [0.3, 0.4) is 0 Å². The van der Waals surface area contributed by atoms with Crippen molar-refractivity contribution in [3.63, 3.8) is 0 Å². The van der Waals surface area contributed by atoms with Crippen molar-refractivity contribution in [2.75, 3.05) is 0 Å². The Morgan fingerprint density at radius 3 is 2.68 bits per heavy atom. The number of nitrogens with one attached hydrogen (secondary N) is 1. The van der Waals surface area contributed by atoms with Crippen molar-refractivity contribution in [2.45, 2.75) is 50.3 Å². The van der Waals surface area contributed by atoms with Gasteiger partial charge in [0, 0.05) is 0 Å². The Hall–Kier alpha value is -1.39. The van der Waals surface area contributed by atoms with E-state index in [1.807, 2.05) is 30.3 Å². The second-order valence-electron chi connectivity index (χ2n) is 5.26. The highest BCUT2D eigenvalue weighted by Crippen LogP contribution is 2.18. The van der Waals surface area contributed by atoms with Crippen LogP contribution in [0.5, 0.6) is 0 Å². The summed E-state index contributed by atoms with van der Waals surface area (Å²) in [5.41, 5.74) is 6.97. The Morgan fingerprint density at radius 2 is 2.00 bits per heavy atom. The van der Waals surface area contributed by atoms with Crippen LogP contribution in [0.4, 0.5) is 0 Å². The van der Waals surface area contributed by atoms with E-state index in [9.17, 15) is 9.90 Å². The van der Waals surface area contributed by atoms with Gasteiger partial charge in [0.2, 0.25) is 5.91 Å². The predicted octanol–water partition coefficient (Wildman–Crippen LogP) is 0.976. The summed E-state index contributed by atoms with van der Waals surface area (Å²) in [6.07, 6.45) is 3.78. The second kappa shape index (κ2) is 6.68. The lowest BCUT2D eigenvalue weighted by Crippen LogP contribution is -2.51. The van der Waals surface area contributed by atoms with Crippen molar-refractivity contribution in [1.29, 1.82) is 0 Å². The summed E-state index contributed by atoms with van der Waals surface area (Å²) < 4.78 is 0. The van der Waals surface area contributed by atoms with E-state index in [-0.39, 0.29) is 11.9 Å². The number of amides is 1. The van der Waals surface area contributed by atoms with E-state index in [0.29, 0.717) is 6.42 Å². The van der Waals surface area contributed by atoms with Gasteiger partial charge < -0.3 is 16.2 Å². The fraction of sp³-hybridized carbons (Fsp3) is 0.533. The largest absolute Gasteiger partial charge is 0.391 e. The molecular formula is C15H22N2O2. The molecule has 0 saturated heterocycles. The molecule has 4 heteroatoms. The van der Waals surface area contributed by atoms with Crippen LogP contribution in [0.15, 0.2) is 30.3 Å². The van der Waals surface area contributed by atoms with Gasteiger partial charge in [-0.1, -0.05) is 43.2 Å². The molecule has 4 N–H and O–H groups in total. The van der Waals surface area contributed by atoms with Gasteiger partial charge in [-0.3, -0.25) is 4.79 Å². The Bertz CT molecular complexity index is 408. The standard InChI is InChI=1S/C15H22N2O2/c16-12(10-11-6-2-1-3-7-11)15(19)17-13-8-4-5-9-14(13)18/h1-3,6-7,12-14,18H,4-5,8-10,16H2,(H,17,19)/t12-,13+,14+/m0/s1. The van der Waals surface area contributed by atoms with E-state index in [4.69, 9.17) is 5.73 Å². The van der Waals surface area contributed by atoms with Gasteiger partial charge >= 0.3 is 0 Å². The van der Waals surface area contributed by atoms with E-state index in [1.54, 1.807) is 0 Å². The van der Waals surface area contributed by atoms with Crippen LogP contribution in [0.25, 0.3) is 0 Å². The number of nitrogens with two attached hydrogens (primary N) is 1. The van der Waals surface area contributed by atoms with Gasteiger partial charge in [0.1, 0.15) is 0 Å². The quantitative estimate of drug-likeness (QED) is 0.757. The number of hydrogen-bond donors (Lipinski definition) is 3. The highest BCUT2D eigenvalue weighted by molar-refractivity contribution is 5.82. The minimum Gasteiger partial charge on any atom is -0.391 e. The van der Waals surface area contributed by atoms with Crippen LogP contribution in [0.1, 0.15) is 31.2 Å². The normalized spacial score (nSPS) is 24.7. The van der Waals surface area contributed by atoms with Crippen LogP contribution in [-0.4, -0.2) is 29.2 Å². The first kappa shape index (κ1) is 14.0. The molecule has 0 unspecified atom stereocenters. The fourth-order valence-corrected chi connectivity index (χ4v) is 2.53. The predicted molar refractivity (Wildman–Crippen MR) is 74.5 cm³/mol. The molecule has 1 saturated carbocycles. The highest BCUT2D eigenvalue weighted by Gasteiger charge is 2.26. The average molecular weight is 262 g/mol. The zero-order valence-corrected chi connectivity index (χ0v) is 11.1. The zero-order valence-electron chi connectivity index (χ0n) is 11.1. The van der Waals surface area contributed by atoms with E-state index in [2.05, 4.69) is 5.32 Å². The molecule has 0 spiro atoms. The molecule has 3 atom stereocenters. The number of hydrogen-bond acceptors (Lipinski definition) is 3. The van der Waals surface area contributed by atoms with Crippen LogP contribution in [0.2, 0.25) is 0 Å². The molecule has 0 bridgehead atoms. The third-order valence-electron chi connectivity index (χ3n) is 3.69. The van der Waals surface area contributed by atoms with Crippen LogP contribution < -0.4 is 11.1 Å². The van der Waals surface area contributed by atoms with E-state index >= 15 is 0 Å². The number of carbonyl (C=O) groups excluding carboxylic acids is 1. The number of carbonyl (C=O) groups is 1. The van der Waals surface area contributed by atoms with Gasteiger partial charge in [-0.25, -0.2) is 0 Å². The van der Waals surface area contributed by atoms with Crippen molar-refractivity contribution in [3.05, 3.63) is 35.9 Å². The Labute approximate surface area is 114 Å². The van der Waals surface area contributed by atoms with Gasteiger partial charge in [-0.15, -0.1) is 0 Å². The lowest BCUT2D eigenvalue weighted by molar-refractivity contribution is -0.124. The van der Waals surface area contributed by atoms with Crippen molar-refractivity contribution in [3.8, 4) is 0 Å². The molecular weight excluding hydrogens is 240 g/mol. The first-order valence-corrected chi connectivity index (χ1v) is 6.95. The van der Waals surface area contributed by atoms with Crippen molar-refractivity contribution in [1.82, 2.24) is 5.32 Å². The summed E-state index contributed by atoms with van der Waals surface area (Å²) in [4.78, 5) is 12.0. The molecule has 0 aliphatic heterocycles. The first-order valence-electron chi connectivity index (χ1n) is 6.95. The molecule has 19 heavy (non-hydrogen) atoms. The Kier molecular flexibility index (Phi) is 4.93. The smallest absolute Gasteiger partial charge is 0.237 e. The molecule has 0 heterocycles. The average Bonchev–Trinajstić information content (AvgIpc) is 2.42.